The number of terminal acetylenes is 1. The van der Waals surface area contributed by atoms with Gasteiger partial charge < -0.3 is 16.4 Å². The number of rotatable bonds is 6. The number of carbonyl (C=O) groups is 2. The number of carbonyl (C=O) groups excluding carboxylic acids is 2. The standard InChI is InChI=1S/C9H15N3O2/c1-3-5-12-9(14)7(2)11-6-4-8(10)13/h1,7,11H,4-6H2,2H3,(H2,10,13)(H,12,14). The van der Waals surface area contributed by atoms with Gasteiger partial charge in [-0.2, -0.15) is 0 Å². The van der Waals surface area contributed by atoms with Crippen molar-refractivity contribution in [2.45, 2.75) is 19.4 Å². The third kappa shape index (κ3) is 6.03. The van der Waals surface area contributed by atoms with Crippen molar-refractivity contribution in [2.24, 2.45) is 5.73 Å². The van der Waals surface area contributed by atoms with Crippen molar-refractivity contribution in [3.8, 4) is 12.3 Å². The van der Waals surface area contributed by atoms with Crippen LogP contribution in [-0.4, -0.2) is 30.9 Å². The maximum atomic E-state index is 11.2. The van der Waals surface area contributed by atoms with Gasteiger partial charge in [-0.1, -0.05) is 5.92 Å². The molecule has 0 aromatic heterocycles. The van der Waals surface area contributed by atoms with E-state index < -0.39 is 5.91 Å². The molecule has 0 radical (unpaired) electrons. The molecule has 0 saturated heterocycles. The zero-order chi connectivity index (χ0) is 11.0. The van der Waals surface area contributed by atoms with Crippen LogP contribution in [0.25, 0.3) is 0 Å². The fourth-order valence-electron chi connectivity index (χ4n) is 0.796. The van der Waals surface area contributed by atoms with E-state index in [1.54, 1.807) is 6.92 Å². The van der Waals surface area contributed by atoms with Gasteiger partial charge in [0, 0.05) is 13.0 Å². The Labute approximate surface area is 83.4 Å². The van der Waals surface area contributed by atoms with Crippen LogP contribution < -0.4 is 16.4 Å². The van der Waals surface area contributed by atoms with E-state index in [9.17, 15) is 9.59 Å². The van der Waals surface area contributed by atoms with Gasteiger partial charge in [0.1, 0.15) is 0 Å². The third-order valence-corrected chi connectivity index (χ3v) is 1.58. The summed E-state index contributed by atoms with van der Waals surface area (Å²) in [6.07, 6.45) is 5.19. The Kier molecular flexibility index (Phi) is 6.16. The lowest BCUT2D eigenvalue weighted by Crippen LogP contribution is -2.43. The normalized spacial score (nSPS) is 11.4. The Morgan fingerprint density at radius 2 is 2.21 bits per heavy atom. The summed E-state index contributed by atoms with van der Waals surface area (Å²) >= 11 is 0. The Morgan fingerprint density at radius 3 is 2.71 bits per heavy atom. The van der Waals surface area contributed by atoms with E-state index in [0.29, 0.717) is 6.54 Å². The largest absolute Gasteiger partial charge is 0.370 e. The highest BCUT2D eigenvalue weighted by molar-refractivity contribution is 5.81. The predicted molar refractivity (Wildman–Crippen MR) is 53.1 cm³/mol. The molecule has 0 aliphatic heterocycles. The van der Waals surface area contributed by atoms with Crippen LogP contribution in [0.2, 0.25) is 0 Å². The molecule has 0 spiro atoms. The van der Waals surface area contributed by atoms with Crippen LogP contribution in [0, 0.1) is 12.3 Å². The fourth-order valence-corrected chi connectivity index (χ4v) is 0.796. The lowest BCUT2D eigenvalue weighted by Gasteiger charge is -2.11. The average molecular weight is 197 g/mol. The van der Waals surface area contributed by atoms with E-state index in [4.69, 9.17) is 12.2 Å². The minimum atomic E-state index is -0.395. The van der Waals surface area contributed by atoms with Gasteiger partial charge in [-0.15, -0.1) is 6.42 Å². The second kappa shape index (κ2) is 6.92. The number of nitrogens with one attached hydrogen (secondary N) is 2. The van der Waals surface area contributed by atoms with E-state index in [1.165, 1.54) is 0 Å². The average Bonchev–Trinajstić information content (AvgIpc) is 2.13. The Hall–Kier alpha value is -1.54. The molecule has 5 nitrogen and oxygen atoms in total. The van der Waals surface area contributed by atoms with Gasteiger partial charge in [0.05, 0.1) is 12.6 Å². The van der Waals surface area contributed by atoms with E-state index in [2.05, 4.69) is 16.6 Å². The zero-order valence-electron chi connectivity index (χ0n) is 8.17. The highest BCUT2D eigenvalue weighted by Crippen LogP contribution is 1.82. The van der Waals surface area contributed by atoms with Crippen molar-refractivity contribution in [1.29, 1.82) is 0 Å². The third-order valence-electron chi connectivity index (χ3n) is 1.58. The van der Waals surface area contributed by atoms with Crippen molar-refractivity contribution in [3.05, 3.63) is 0 Å². The predicted octanol–water partition coefficient (Wildman–Crippen LogP) is -1.41. The summed E-state index contributed by atoms with van der Waals surface area (Å²) in [5.41, 5.74) is 4.93. The second-order valence-corrected chi connectivity index (χ2v) is 2.81. The van der Waals surface area contributed by atoms with Gasteiger partial charge in [0.2, 0.25) is 11.8 Å². The maximum Gasteiger partial charge on any atom is 0.237 e. The first-order valence-corrected chi connectivity index (χ1v) is 4.30. The maximum absolute atomic E-state index is 11.2. The molecule has 4 N–H and O–H groups in total. The van der Waals surface area contributed by atoms with Crippen LogP contribution in [-0.2, 0) is 9.59 Å². The van der Waals surface area contributed by atoms with Crippen molar-refractivity contribution < 1.29 is 9.59 Å². The highest BCUT2D eigenvalue weighted by Gasteiger charge is 2.10. The Morgan fingerprint density at radius 1 is 1.57 bits per heavy atom. The van der Waals surface area contributed by atoms with Gasteiger partial charge in [0.15, 0.2) is 0 Å². The van der Waals surface area contributed by atoms with Gasteiger partial charge in [0.25, 0.3) is 0 Å². The molecule has 5 heteroatoms. The minimum absolute atomic E-state index is 0.188. The molecule has 1 unspecified atom stereocenters. The highest BCUT2D eigenvalue weighted by atomic mass is 16.2. The van der Waals surface area contributed by atoms with Crippen molar-refractivity contribution in [2.75, 3.05) is 13.1 Å². The number of hydrogen-bond acceptors (Lipinski definition) is 3. The lowest BCUT2D eigenvalue weighted by molar-refractivity contribution is -0.123. The molecular formula is C9H15N3O2. The van der Waals surface area contributed by atoms with Crippen LogP contribution in [0.5, 0.6) is 0 Å². The molecule has 0 aromatic rings. The summed E-state index contributed by atoms with van der Waals surface area (Å²) in [4.78, 5) is 21.6. The van der Waals surface area contributed by atoms with Crippen molar-refractivity contribution >= 4 is 11.8 Å². The quantitative estimate of drug-likeness (QED) is 0.457. The van der Waals surface area contributed by atoms with E-state index in [-0.39, 0.29) is 24.9 Å². The topological polar surface area (TPSA) is 84.2 Å². The molecule has 0 saturated carbocycles. The molecular weight excluding hydrogens is 182 g/mol. The van der Waals surface area contributed by atoms with E-state index in [0.717, 1.165) is 0 Å². The Bertz CT molecular complexity index is 245. The fraction of sp³-hybridized carbons (Fsp3) is 0.556. The van der Waals surface area contributed by atoms with Crippen LogP contribution >= 0.6 is 0 Å². The molecule has 0 rings (SSSR count). The summed E-state index contributed by atoms with van der Waals surface area (Å²) in [6.45, 7) is 2.29. The molecule has 2 amide bonds. The van der Waals surface area contributed by atoms with Crippen LogP contribution in [0.1, 0.15) is 13.3 Å². The molecule has 14 heavy (non-hydrogen) atoms. The first-order valence-electron chi connectivity index (χ1n) is 4.30. The SMILES string of the molecule is C#CCNC(=O)C(C)NCCC(N)=O. The second-order valence-electron chi connectivity index (χ2n) is 2.81. The summed E-state index contributed by atoms with van der Waals surface area (Å²) in [7, 11) is 0. The summed E-state index contributed by atoms with van der Waals surface area (Å²) in [5, 5.41) is 5.36. The lowest BCUT2D eigenvalue weighted by atomic mass is 10.3. The zero-order valence-corrected chi connectivity index (χ0v) is 8.17. The molecule has 0 aliphatic rings. The minimum Gasteiger partial charge on any atom is -0.370 e. The summed E-state index contributed by atoms with van der Waals surface area (Å²) in [5.74, 6) is 1.71. The summed E-state index contributed by atoms with van der Waals surface area (Å²) in [6, 6.07) is -0.373. The van der Waals surface area contributed by atoms with Gasteiger partial charge in [-0.25, -0.2) is 0 Å². The molecule has 0 fully saturated rings. The number of primary amides is 1. The monoisotopic (exact) mass is 197 g/mol. The molecule has 78 valence electrons. The molecule has 0 aliphatic carbocycles. The van der Waals surface area contributed by atoms with E-state index >= 15 is 0 Å². The van der Waals surface area contributed by atoms with Crippen LogP contribution in [0.4, 0.5) is 0 Å². The van der Waals surface area contributed by atoms with Crippen molar-refractivity contribution in [1.82, 2.24) is 10.6 Å². The smallest absolute Gasteiger partial charge is 0.237 e. The van der Waals surface area contributed by atoms with Gasteiger partial charge in [-0.3, -0.25) is 9.59 Å². The van der Waals surface area contributed by atoms with Crippen LogP contribution in [0.15, 0.2) is 0 Å². The summed E-state index contributed by atoms with van der Waals surface area (Å²) < 4.78 is 0. The van der Waals surface area contributed by atoms with Gasteiger partial charge in [-0.05, 0) is 6.92 Å². The number of nitrogens with two attached hydrogens (primary N) is 1. The molecule has 1 atom stereocenters. The van der Waals surface area contributed by atoms with Gasteiger partial charge >= 0.3 is 0 Å². The number of hydrogen-bond donors (Lipinski definition) is 3. The van der Waals surface area contributed by atoms with Crippen molar-refractivity contribution in [3.63, 3.8) is 0 Å². The first kappa shape index (κ1) is 12.5. The molecule has 0 heterocycles. The Balaban J connectivity index is 3.63. The van der Waals surface area contributed by atoms with E-state index in [1.807, 2.05) is 0 Å². The number of amides is 2. The molecule has 0 aromatic carbocycles. The first-order chi connectivity index (χ1) is 6.57. The van der Waals surface area contributed by atoms with Crippen LogP contribution in [0.3, 0.4) is 0 Å². The molecule has 0 bridgehead atoms.